The lowest BCUT2D eigenvalue weighted by atomic mass is 10.1. The molecule has 3 rings (SSSR count). The Hall–Kier alpha value is -3.09. The van der Waals surface area contributed by atoms with E-state index in [0.717, 1.165) is 0 Å². The van der Waals surface area contributed by atoms with Crippen LogP contribution in [0.3, 0.4) is 0 Å². The number of hydrogen-bond donors (Lipinski definition) is 3. The summed E-state index contributed by atoms with van der Waals surface area (Å²) in [6.07, 6.45) is 1.87. The second kappa shape index (κ2) is 6.99. The Bertz CT molecular complexity index is 755. The third-order valence-corrected chi connectivity index (χ3v) is 3.75. The largest absolute Gasteiger partial charge is 0.467 e. The highest BCUT2D eigenvalue weighted by Gasteiger charge is 2.27. The molecule has 0 saturated carbocycles. The quantitative estimate of drug-likeness (QED) is 0.773. The molecule has 0 spiro atoms. The van der Waals surface area contributed by atoms with Crippen LogP contribution in [0.15, 0.2) is 47.1 Å². The molecule has 0 aliphatic carbocycles. The second-order valence-electron chi connectivity index (χ2n) is 5.46. The van der Waals surface area contributed by atoms with E-state index in [2.05, 4.69) is 16.0 Å². The van der Waals surface area contributed by atoms with E-state index in [9.17, 15) is 14.4 Å². The van der Waals surface area contributed by atoms with Crippen LogP contribution in [0.1, 0.15) is 29.0 Å². The van der Waals surface area contributed by atoms with E-state index in [-0.39, 0.29) is 30.6 Å². The number of rotatable bonds is 5. The number of nitrogens with one attached hydrogen (secondary N) is 3. The van der Waals surface area contributed by atoms with Gasteiger partial charge in [-0.2, -0.15) is 0 Å². The normalized spacial score (nSPS) is 16.6. The fraction of sp³-hybridized carbons (Fsp3) is 0.235. The summed E-state index contributed by atoms with van der Waals surface area (Å²) < 4.78 is 5.13. The summed E-state index contributed by atoms with van der Waals surface area (Å²) in [5.74, 6) is -0.216. The maximum absolute atomic E-state index is 12.2. The van der Waals surface area contributed by atoms with E-state index in [1.54, 1.807) is 36.4 Å². The molecule has 7 nitrogen and oxygen atoms in total. The van der Waals surface area contributed by atoms with Crippen molar-refractivity contribution in [3.63, 3.8) is 0 Å². The van der Waals surface area contributed by atoms with Gasteiger partial charge in [-0.3, -0.25) is 14.4 Å². The van der Waals surface area contributed by atoms with Gasteiger partial charge in [-0.25, -0.2) is 0 Å². The van der Waals surface area contributed by atoms with Crippen molar-refractivity contribution in [2.75, 3.05) is 5.32 Å². The first kappa shape index (κ1) is 15.8. The Morgan fingerprint density at radius 1 is 1.17 bits per heavy atom. The van der Waals surface area contributed by atoms with Crippen LogP contribution in [0, 0.1) is 0 Å². The number of fused-ring (bicyclic) bond motifs is 1. The van der Waals surface area contributed by atoms with Gasteiger partial charge >= 0.3 is 0 Å². The zero-order chi connectivity index (χ0) is 16.9. The summed E-state index contributed by atoms with van der Waals surface area (Å²) in [5.41, 5.74) is 0.889. The first-order chi connectivity index (χ1) is 11.6. The van der Waals surface area contributed by atoms with Gasteiger partial charge in [0, 0.05) is 6.42 Å². The number of hydrogen-bond acceptors (Lipinski definition) is 4. The Morgan fingerprint density at radius 2 is 2.00 bits per heavy atom. The van der Waals surface area contributed by atoms with Gasteiger partial charge in [0.1, 0.15) is 11.8 Å². The fourth-order valence-electron chi connectivity index (χ4n) is 2.48. The number of benzene rings is 1. The molecular weight excluding hydrogens is 310 g/mol. The van der Waals surface area contributed by atoms with E-state index >= 15 is 0 Å². The monoisotopic (exact) mass is 327 g/mol. The molecule has 1 aliphatic heterocycles. The summed E-state index contributed by atoms with van der Waals surface area (Å²) >= 11 is 0. The number of amides is 3. The number of furan rings is 1. The first-order valence-corrected chi connectivity index (χ1v) is 7.63. The standard InChI is InChI=1S/C17H17N3O4/c21-15(18-10-11-4-3-9-24-11)8-7-14-17(23)19-13-6-2-1-5-12(13)16(22)20-14/h1-6,9,14H,7-8,10H2,(H,18,21)(H,19,23)(H,20,22). The highest BCUT2D eigenvalue weighted by molar-refractivity contribution is 6.09. The molecule has 1 aromatic carbocycles. The molecule has 7 heteroatoms. The van der Waals surface area contributed by atoms with Crippen molar-refractivity contribution >= 4 is 23.4 Å². The fourth-order valence-corrected chi connectivity index (χ4v) is 2.48. The molecule has 124 valence electrons. The predicted molar refractivity (Wildman–Crippen MR) is 86.1 cm³/mol. The zero-order valence-electron chi connectivity index (χ0n) is 12.9. The maximum atomic E-state index is 12.2. The smallest absolute Gasteiger partial charge is 0.254 e. The van der Waals surface area contributed by atoms with Crippen LogP contribution in [0.4, 0.5) is 5.69 Å². The molecule has 24 heavy (non-hydrogen) atoms. The van der Waals surface area contributed by atoms with Crippen LogP contribution in [0.5, 0.6) is 0 Å². The van der Waals surface area contributed by atoms with E-state index in [1.165, 1.54) is 6.26 Å². The molecule has 1 unspecified atom stereocenters. The van der Waals surface area contributed by atoms with Gasteiger partial charge in [-0.05, 0) is 30.7 Å². The van der Waals surface area contributed by atoms with E-state index in [1.807, 2.05) is 0 Å². The highest BCUT2D eigenvalue weighted by atomic mass is 16.3. The van der Waals surface area contributed by atoms with Crippen LogP contribution in [0.2, 0.25) is 0 Å². The van der Waals surface area contributed by atoms with Crippen molar-refractivity contribution in [2.24, 2.45) is 0 Å². The van der Waals surface area contributed by atoms with Gasteiger partial charge in [0.2, 0.25) is 11.8 Å². The molecule has 0 fully saturated rings. The number of anilines is 1. The Kier molecular flexibility index (Phi) is 4.60. The molecule has 2 heterocycles. The lowest BCUT2D eigenvalue weighted by Gasteiger charge is -2.14. The van der Waals surface area contributed by atoms with Gasteiger partial charge in [-0.1, -0.05) is 12.1 Å². The molecular formula is C17H17N3O4. The Labute approximate surface area is 138 Å². The van der Waals surface area contributed by atoms with Gasteiger partial charge in [0.05, 0.1) is 24.1 Å². The Morgan fingerprint density at radius 3 is 2.79 bits per heavy atom. The molecule has 0 saturated heterocycles. The molecule has 0 radical (unpaired) electrons. The molecule has 1 aromatic heterocycles. The number of carbonyl (C=O) groups excluding carboxylic acids is 3. The summed E-state index contributed by atoms with van der Waals surface area (Å²) in [7, 11) is 0. The average molecular weight is 327 g/mol. The predicted octanol–water partition coefficient (Wildman–Crippen LogP) is 1.43. The van der Waals surface area contributed by atoms with Crippen LogP contribution in [0.25, 0.3) is 0 Å². The van der Waals surface area contributed by atoms with Crippen molar-refractivity contribution in [3.05, 3.63) is 54.0 Å². The minimum Gasteiger partial charge on any atom is -0.467 e. The van der Waals surface area contributed by atoms with E-state index in [4.69, 9.17) is 4.42 Å². The number of carbonyl (C=O) groups is 3. The lowest BCUT2D eigenvalue weighted by Crippen LogP contribution is -2.42. The van der Waals surface area contributed by atoms with Gasteiger partial charge in [0.15, 0.2) is 0 Å². The highest BCUT2D eigenvalue weighted by Crippen LogP contribution is 2.19. The average Bonchev–Trinajstić information content (AvgIpc) is 3.06. The summed E-state index contributed by atoms with van der Waals surface area (Å²) in [6.45, 7) is 0.292. The molecule has 2 aromatic rings. The topological polar surface area (TPSA) is 100 Å². The van der Waals surface area contributed by atoms with Gasteiger partial charge in [-0.15, -0.1) is 0 Å². The lowest BCUT2D eigenvalue weighted by molar-refractivity contribution is -0.122. The van der Waals surface area contributed by atoms with E-state index in [0.29, 0.717) is 23.6 Å². The van der Waals surface area contributed by atoms with Crippen molar-refractivity contribution < 1.29 is 18.8 Å². The van der Waals surface area contributed by atoms with Gasteiger partial charge in [0.25, 0.3) is 5.91 Å². The maximum Gasteiger partial charge on any atom is 0.254 e. The van der Waals surface area contributed by atoms with Crippen LogP contribution in [-0.2, 0) is 16.1 Å². The van der Waals surface area contributed by atoms with E-state index < -0.39 is 6.04 Å². The second-order valence-corrected chi connectivity index (χ2v) is 5.46. The summed E-state index contributed by atoms with van der Waals surface area (Å²) in [5, 5.41) is 8.08. The van der Waals surface area contributed by atoms with Crippen LogP contribution in [-0.4, -0.2) is 23.8 Å². The molecule has 3 amide bonds. The molecule has 1 aliphatic rings. The molecule has 1 atom stereocenters. The van der Waals surface area contributed by atoms with Gasteiger partial charge < -0.3 is 20.4 Å². The zero-order valence-corrected chi connectivity index (χ0v) is 12.9. The summed E-state index contributed by atoms with van der Waals surface area (Å²) in [4.78, 5) is 36.3. The first-order valence-electron chi connectivity index (χ1n) is 7.63. The van der Waals surface area contributed by atoms with Crippen molar-refractivity contribution in [3.8, 4) is 0 Å². The van der Waals surface area contributed by atoms with Crippen molar-refractivity contribution in [2.45, 2.75) is 25.4 Å². The van der Waals surface area contributed by atoms with Crippen molar-refractivity contribution in [1.82, 2.24) is 10.6 Å². The Balaban J connectivity index is 1.55. The third kappa shape index (κ3) is 3.62. The van der Waals surface area contributed by atoms with Crippen LogP contribution >= 0.6 is 0 Å². The number of para-hydroxylation sites is 1. The SMILES string of the molecule is O=C(CCC1NC(=O)c2ccccc2NC1=O)NCc1ccco1. The van der Waals surface area contributed by atoms with Crippen molar-refractivity contribution in [1.29, 1.82) is 0 Å². The molecule has 3 N–H and O–H groups in total. The van der Waals surface area contributed by atoms with Crippen LogP contribution < -0.4 is 16.0 Å². The third-order valence-electron chi connectivity index (χ3n) is 3.75. The minimum atomic E-state index is -0.751. The summed E-state index contributed by atoms with van der Waals surface area (Å²) in [6, 6.07) is 9.54. The molecule has 0 bridgehead atoms. The minimum absolute atomic E-state index is 0.120.